The van der Waals surface area contributed by atoms with Crippen molar-refractivity contribution in [3.05, 3.63) is 116 Å². The number of ether oxygens (including phenoxy) is 1. The van der Waals surface area contributed by atoms with Crippen LogP contribution in [0.1, 0.15) is 23.1 Å². The Bertz CT molecular complexity index is 826. The van der Waals surface area contributed by atoms with E-state index in [1.54, 1.807) is 37.3 Å². The van der Waals surface area contributed by atoms with Gasteiger partial charge in [-0.3, -0.25) is 4.68 Å². The van der Waals surface area contributed by atoms with Crippen LogP contribution in [0.4, 0.5) is 5.69 Å². The second kappa shape index (κ2) is 14.7. The maximum Gasteiger partial charge on any atom is 2.00 e. The molecule has 0 bridgehead atoms. The number of rotatable bonds is 8. The monoisotopic (exact) mass is 505 g/mol. The van der Waals surface area contributed by atoms with Crippen molar-refractivity contribution in [2.24, 2.45) is 0 Å². The van der Waals surface area contributed by atoms with Crippen molar-refractivity contribution in [1.29, 1.82) is 0 Å². The van der Waals surface area contributed by atoms with E-state index in [1.807, 2.05) is 57.8 Å². The molecule has 0 unspecified atom stereocenters. The van der Waals surface area contributed by atoms with E-state index in [-0.39, 0.29) is 42.5 Å². The van der Waals surface area contributed by atoms with Crippen LogP contribution >= 0.6 is 11.6 Å². The van der Waals surface area contributed by atoms with Gasteiger partial charge in [-0.25, -0.2) is 4.79 Å². The predicted octanol–water partition coefficient (Wildman–Crippen LogP) is 3.92. The summed E-state index contributed by atoms with van der Waals surface area (Å²) >= 11 is 5.84. The van der Waals surface area contributed by atoms with Crippen LogP contribution in [-0.4, -0.2) is 35.0 Å². The summed E-state index contributed by atoms with van der Waals surface area (Å²) < 4.78 is 6.50. The van der Waals surface area contributed by atoms with E-state index in [1.165, 1.54) is 4.68 Å². The third-order valence-corrected chi connectivity index (χ3v) is 4.71. The number of carbonyl (C=O) groups is 1. The van der Waals surface area contributed by atoms with Crippen molar-refractivity contribution in [1.82, 2.24) is 9.78 Å². The van der Waals surface area contributed by atoms with E-state index >= 15 is 0 Å². The Kier molecular flexibility index (Phi) is 12.3. The summed E-state index contributed by atoms with van der Waals surface area (Å²) in [4.78, 5) is 12.2. The maximum absolute atomic E-state index is 12.4. The molecule has 0 spiro atoms. The zero-order valence-corrected chi connectivity index (χ0v) is 19.9. The molecule has 2 aromatic rings. The minimum Gasteiger partial charge on any atom is -0.852 e. The zero-order valence-electron chi connectivity index (χ0n) is 18.1. The average molecular weight is 506 g/mol. The van der Waals surface area contributed by atoms with Gasteiger partial charge in [-0.2, -0.15) is 5.10 Å². The van der Waals surface area contributed by atoms with Crippen molar-refractivity contribution >= 4 is 23.3 Å². The summed E-state index contributed by atoms with van der Waals surface area (Å²) in [6, 6.07) is 8.59. The average Bonchev–Trinajstić information content (AvgIpc) is 3.57. The molecule has 1 atom stereocenters. The Balaban J connectivity index is 0.000000568. The van der Waals surface area contributed by atoms with Gasteiger partial charge in [0.15, 0.2) is 0 Å². The normalized spacial score (nSPS) is 16.5. The Morgan fingerprint density at radius 2 is 1.70 bits per heavy atom. The third-order valence-electron chi connectivity index (χ3n) is 4.46. The summed E-state index contributed by atoms with van der Waals surface area (Å²) in [5.74, 6) is 0.386. The Morgan fingerprint density at radius 1 is 1.09 bits per heavy atom. The van der Waals surface area contributed by atoms with E-state index in [0.29, 0.717) is 16.4 Å². The van der Waals surface area contributed by atoms with E-state index in [2.05, 4.69) is 10.4 Å². The Labute approximate surface area is 212 Å². The number of nitrogens with zero attached hydrogens (tertiary/aromatic N) is 3. The molecular formula is C25H24ClFeN3O3. The summed E-state index contributed by atoms with van der Waals surface area (Å²) in [6.07, 6.45) is 16.5. The topological polar surface area (TPSA) is 81.3 Å². The molecule has 10 radical (unpaired) electrons. The molecule has 4 rings (SSSR count). The van der Waals surface area contributed by atoms with Gasteiger partial charge in [0.05, 0.1) is 12.3 Å². The first kappa shape index (κ1) is 27.7. The number of halogens is 1. The molecule has 8 heteroatoms. The molecular weight excluding hydrogens is 482 g/mol. The molecule has 2 aliphatic rings. The minimum atomic E-state index is -1.05. The first-order chi connectivity index (χ1) is 15.6. The van der Waals surface area contributed by atoms with Crippen LogP contribution in [-0.2, 0) is 28.4 Å². The SMILES string of the molecule is CCOC(=O)c1cc([C]2[CH][CH][CH][CH]2)nn1C[C@@H]([O-])C[N-]c1ccc(Cl)cc1.[CH]1[CH][CH][CH][CH]1.[Fe+2]. The van der Waals surface area contributed by atoms with E-state index in [4.69, 9.17) is 16.3 Å². The van der Waals surface area contributed by atoms with Gasteiger partial charge >= 0.3 is 23.0 Å². The summed E-state index contributed by atoms with van der Waals surface area (Å²) in [5, 5.41) is 21.7. The van der Waals surface area contributed by atoms with Gasteiger partial charge in [-0.05, 0) is 82.9 Å². The summed E-state index contributed by atoms with van der Waals surface area (Å²) in [5.41, 5.74) is 1.58. The fourth-order valence-corrected chi connectivity index (χ4v) is 3.06. The molecule has 0 amide bonds. The third kappa shape index (κ3) is 8.97. The molecule has 1 heterocycles. The molecule has 172 valence electrons. The number of hydrogen-bond acceptors (Lipinski definition) is 4. The first-order valence-electron chi connectivity index (χ1n) is 10.3. The molecule has 2 fully saturated rings. The molecule has 2 saturated carbocycles. The summed E-state index contributed by atoms with van der Waals surface area (Å²) in [7, 11) is 0. The molecule has 0 N–H and O–H groups in total. The fourth-order valence-electron chi connectivity index (χ4n) is 2.94. The smallest absolute Gasteiger partial charge is 0.852 e. The van der Waals surface area contributed by atoms with Crippen LogP contribution in [0.2, 0.25) is 5.02 Å². The van der Waals surface area contributed by atoms with Gasteiger partial charge in [-0.15, -0.1) is 18.3 Å². The van der Waals surface area contributed by atoms with E-state index < -0.39 is 12.1 Å². The second-order valence-corrected chi connectivity index (χ2v) is 7.33. The molecule has 2 aliphatic carbocycles. The van der Waals surface area contributed by atoms with Crippen LogP contribution in [0.15, 0.2) is 30.3 Å². The molecule has 6 nitrogen and oxygen atoms in total. The van der Waals surface area contributed by atoms with Crippen molar-refractivity contribution in [3.8, 4) is 0 Å². The first-order valence-corrected chi connectivity index (χ1v) is 10.7. The predicted molar refractivity (Wildman–Crippen MR) is 122 cm³/mol. The van der Waals surface area contributed by atoms with E-state index in [0.717, 1.165) is 5.92 Å². The van der Waals surface area contributed by atoms with Crippen LogP contribution in [0.5, 0.6) is 0 Å². The largest absolute Gasteiger partial charge is 2.00 e. The van der Waals surface area contributed by atoms with Gasteiger partial charge in [-0.1, -0.05) is 23.7 Å². The quantitative estimate of drug-likeness (QED) is 0.402. The minimum absolute atomic E-state index is 0. The van der Waals surface area contributed by atoms with Gasteiger partial charge in [0.2, 0.25) is 0 Å². The molecule has 1 aromatic carbocycles. The Hall–Kier alpha value is -1.53. The van der Waals surface area contributed by atoms with Crippen molar-refractivity contribution in [2.75, 3.05) is 13.2 Å². The van der Waals surface area contributed by atoms with Gasteiger partial charge in [0, 0.05) is 17.5 Å². The number of benzene rings is 1. The summed E-state index contributed by atoms with van der Waals surface area (Å²) in [6.45, 7) is 2.07. The van der Waals surface area contributed by atoms with Crippen molar-refractivity contribution < 1.29 is 31.7 Å². The van der Waals surface area contributed by atoms with Gasteiger partial charge in [0.1, 0.15) is 5.69 Å². The number of aromatic nitrogens is 2. The number of esters is 1. The molecule has 33 heavy (non-hydrogen) atoms. The van der Waals surface area contributed by atoms with Crippen molar-refractivity contribution in [3.63, 3.8) is 0 Å². The standard InChI is InChI=1S/C20H19ClN3O3.C5H5.Fe/c1-2-27-20(26)19-11-18(14-5-3-4-6-14)23-24(19)13-17(25)12-22-16-9-7-15(21)8-10-16;1-2-4-5-3-1;/h3-11,17H,2,12-13H2,1H3;1-5H;/q-2;;+2/t17-;;/m0../s1. The van der Waals surface area contributed by atoms with Crippen LogP contribution in [0, 0.1) is 63.7 Å². The number of carbonyl (C=O) groups excluding carboxylic acids is 1. The van der Waals surface area contributed by atoms with Crippen LogP contribution in [0.25, 0.3) is 5.32 Å². The molecule has 0 aliphatic heterocycles. The maximum atomic E-state index is 12.4. The second-order valence-electron chi connectivity index (χ2n) is 6.89. The van der Waals surface area contributed by atoms with Crippen LogP contribution < -0.4 is 5.11 Å². The molecule has 1 aromatic heterocycles. The van der Waals surface area contributed by atoms with Crippen LogP contribution in [0.3, 0.4) is 0 Å². The van der Waals surface area contributed by atoms with E-state index in [9.17, 15) is 9.90 Å². The van der Waals surface area contributed by atoms with Crippen molar-refractivity contribution in [2.45, 2.75) is 19.6 Å². The van der Waals surface area contributed by atoms with Gasteiger partial charge < -0.3 is 15.2 Å². The zero-order chi connectivity index (χ0) is 22.8. The van der Waals surface area contributed by atoms with Gasteiger partial charge in [0.25, 0.3) is 0 Å². The fraction of sp³-hybridized carbons (Fsp3) is 0.200. The Morgan fingerprint density at radius 3 is 2.27 bits per heavy atom. The number of hydrogen-bond donors (Lipinski definition) is 0. The molecule has 0 saturated heterocycles.